The third-order valence-electron chi connectivity index (χ3n) is 3.79. The maximum absolute atomic E-state index is 6.13. The summed E-state index contributed by atoms with van der Waals surface area (Å²) < 4.78 is 5.75. The van der Waals surface area contributed by atoms with Gasteiger partial charge in [-0.1, -0.05) is 6.92 Å². The summed E-state index contributed by atoms with van der Waals surface area (Å²) >= 11 is 0. The summed E-state index contributed by atoms with van der Waals surface area (Å²) in [6, 6.07) is 4.19. The van der Waals surface area contributed by atoms with Crippen molar-refractivity contribution in [1.29, 1.82) is 0 Å². The quantitative estimate of drug-likeness (QED) is 0.857. The van der Waals surface area contributed by atoms with Crippen molar-refractivity contribution in [1.82, 2.24) is 4.90 Å². The molecule has 3 nitrogen and oxygen atoms in total. The van der Waals surface area contributed by atoms with E-state index in [-0.39, 0.29) is 17.6 Å². The Hall–Kier alpha value is -0.800. The zero-order valence-corrected chi connectivity index (χ0v) is 11.9. The number of furan rings is 1. The van der Waals surface area contributed by atoms with E-state index in [1.807, 2.05) is 26.0 Å². The lowest BCUT2D eigenvalue weighted by Crippen LogP contribution is -2.48. The third-order valence-corrected chi connectivity index (χ3v) is 3.79. The summed E-state index contributed by atoms with van der Waals surface area (Å²) in [7, 11) is 2.12. The number of nitrogens with two attached hydrogens (primary N) is 1. The maximum atomic E-state index is 6.13. The molecule has 17 heavy (non-hydrogen) atoms. The highest BCUT2D eigenvalue weighted by Crippen LogP contribution is 2.31. The number of hydrogen-bond donors (Lipinski definition) is 1. The van der Waals surface area contributed by atoms with Crippen molar-refractivity contribution in [3.8, 4) is 0 Å². The van der Waals surface area contributed by atoms with Crippen molar-refractivity contribution < 1.29 is 4.42 Å². The predicted octanol–water partition coefficient (Wildman–Crippen LogP) is 3.10. The highest BCUT2D eigenvalue weighted by molar-refractivity contribution is 5.12. The zero-order chi connectivity index (χ0) is 13.2. The Morgan fingerprint density at radius 1 is 1.41 bits per heavy atom. The first-order chi connectivity index (χ1) is 7.79. The van der Waals surface area contributed by atoms with Gasteiger partial charge in [0.25, 0.3) is 0 Å². The first-order valence-corrected chi connectivity index (χ1v) is 6.34. The molecule has 1 aromatic heterocycles. The lowest BCUT2D eigenvalue weighted by atomic mass is 9.94. The Bertz CT molecular complexity index is 355. The van der Waals surface area contributed by atoms with Crippen LogP contribution < -0.4 is 5.73 Å². The molecule has 1 aromatic rings. The van der Waals surface area contributed by atoms with Gasteiger partial charge in [0.15, 0.2) is 0 Å². The standard InChI is InChI=1S/C14H26N2O/c1-7-14(4,5)16(6)13(11(3)15)12-9-8-10(2)17-12/h8-9,11,13H,7,15H2,1-6H3. The molecule has 0 aliphatic carbocycles. The molecule has 3 heteroatoms. The largest absolute Gasteiger partial charge is 0.465 e. The predicted molar refractivity (Wildman–Crippen MR) is 72.0 cm³/mol. The third kappa shape index (κ3) is 3.11. The molecular weight excluding hydrogens is 212 g/mol. The lowest BCUT2D eigenvalue weighted by molar-refractivity contribution is 0.0718. The van der Waals surface area contributed by atoms with Gasteiger partial charge in [0, 0.05) is 11.6 Å². The van der Waals surface area contributed by atoms with Gasteiger partial charge in [-0.3, -0.25) is 4.90 Å². The van der Waals surface area contributed by atoms with Crippen LogP contribution in [0.2, 0.25) is 0 Å². The molecule has 2 N–H and O–H groups in total. The van der Waals surface area contributed by atoms with E-state index in [9.17, 15) is 0 Å². The molecule has 0 spiro atoms. The summed E-state index contributed by atoms with van der Waals surface area (Å²) in [5.74, 6) is 1.90. The number of likely N-dealkylation sites (N-methyl/N-ethyl adjacent to an activating group) is 1. The van der Waals surface area contributed by atoms with Crippen LogP contribution in [0.15, 0.2) is 16.5 Å². The minimum absolute atomic E-state index is 0.0383. The Labute approximate surface area is 105 Å². The van der Waals surface area contributed by atoms with Crippen molar-refractivity contribution in [2.45, 2.75) is 58.7 Å². The van der Waals surface area contributed by atoms with E-state index >= 15 is 0 Å². The van der Waals surface area contributed by atoms with Crippen LogP contribution in [0.3, 0.4) is 0 Å². The Morgan fingerprint density at radius 3 is 2.35 bits per heavy atom. The van der Waals surface area contributed by atoms with Gasteiger partial charge in [-0.25, -0.2) is 0 Å². The molecule has 0 bridgehead atoms. The zero-order valence-electron chi connectivity index (χ0n) is 11.9. The fourth-order valence-corrected chi connectivity index (χ4v) is 2.04. The van der Waals surface area contributed by atoms with Crippen LogP contribution in [0.5, 0.6) is 0 Å². The van der Waals surface area contributed by atoms with Crippen molar-refractivity contribution in [2.75, 3.05) is 7.05 Å². The maximum Gasteiger partial charge on any atom is 0.122 e. The van der Waals surface area contributed by atoms with Crippen molar-refractivity contribution in [3.63, 3.8) is 0 Å². The first-order valence-electron chi connectivity index (χ1n) is 6.34. The molecule has 0 aromatic carbocycles. The summed E-state index contributed by atoms with van der Waals surface area (Å²) in [6.07, 6.45) is 1.08. The number of aryl methyl sites for hydroxylation is 1. The van der Waals surface area contributed by atoms with Crippen LogP contribution in [-0.4, -0.2) is 23.5 Å². The molecule has 1 rings (SSSR count). The monoisotopic (exact) mass is 238 g/mol. The second-order valence-corrected chi connectivity index (χ2v) is 5.53. The summed E-state index contributed by atoms with van der Waals surface area (Å²) in [5.41, 5.74) is 6.24. The van der Waals surface area contributed by atoms with Crippen molar-refractivity contribution in [3.05, 3.63) is 23.7 Å². The van der Waals surface area contributed by atoms with Crippen LogP contribution in [0.25, 0.3) is 0 Å². The normalized spacial score (nSPS) is 16.2. The van der Waals surface area contributed by atoms with Crippen LogP contribution >= 0.6 is 0 Å². The van der Waals surface area contributed by atoms with E-state index in [0.717, 1.165) is 17.9 Å². The fraction of sp³-hybridized carbons (Fsp3) is 0.714. The van der Waals surface area contributed by atoms with Crippen LogP contribution in [0.1, 0.15) is 51.7 Å². The molecule has 0 aliphatic heterocycles. The molecule has 2 atom stereocenters. The number of hydrogen-bond acceptors (Lipinski definition) is 3. The van der Waals surface area contributed by atoms with Crippen LogP contribution in [-0.2, 0) is 0 Å². The van der Waals surface area contributed by atoms with E-state index in [1.54, 1.807) is 0 Å². The van der Waals surface area contributed by atoms with Crippen molar-refractivity contribution in [2.24, 2.45) is 5.73 Å². The number of rotatable bonds is 5. The van der Waals surface area contributed by atoms with E-state index < -0.39 is 0 Å². The average molecular weight is 238 g/mol. The fourth-order valence-electron chi connectivity index (χ4n) is 2.04. The van der Waals surface area contributed by atoms with Gasteiger partial charge in [-0.2, -0.15) is 0 Å². The summed E-state index contributed by atoms with van der Waals surface area (Å²) in [4.78, 5) is 2.32. The summed E-state index contributed by atoms with van der Waals surface area (Å²) in [6.45, 7) is 10.7. The molecule has 98 valence electrons. The average Bonchev–Trinajstić information content (AvgIpc) is 2.64. The molecule has 1 heterocycles. The highest BCUT2D eigenvalue weighted by Gasteiger charge is 2.32. The minimum atomic E-state index is 0.0383. The summed E-state index contributed by atoms with van der Waals surface area (Å²) in [5, 5.41) is 0. The molecular formula is C14H26N2O. The van der Waals surface area contributed by atoms with Gasteiger partial charge in [-0.05, 0) is 53.3 Å². The van der Waals surface area contributed by atoms with Gasteiger partial charge < -0.3 is 10.2 Å². The van der Waals surface area contributed by atoms with E-state index in [2.05, 4.69) is 32.7 Å². The molecule has 2 unspecified atom stereocenters. The Balaban J connectivity index is 3.02. The lowest BCUT2D eigenvalue weighted by Gasteiger charge is -2.41. The molecule has 0 saturated heterocycles. The van der Waals surface area contributed by atoms with E-state index in [0.29, 0.717) is 0 Å². The van der Waals surface area contributed by atoms with Gasteiger partial charge in [0.2, 0.25) is 0 Å². The van der Waals surface area contributed by atoms with Crippen LogP contribution in [0.4, 0.5) is 0 Å². The minimum Gasteiger partial charge on any atom is -0.465 e. The van der Waals surface area contributed by atoms with Gasteiger partial charge in [0.05, 0.1) is 6.04 Å². The van der Waals surface area contributed by atoms with Crippen LogP contribution in [0, 0.1) is 6.92 Å². The smallest absolute Gasteiger partial charge is 0.122 e. The first kappa shape index (κ1) is 14.3. The van der Waals surface area contributed by atoms with Gasteiger partial charge >= 0.3 is 0 Å². The molecule has 0 saturated carbocycles. The SMILES string of the molecule is CCC(C)(C)N(C)C(c1ccc(C)o1)C(C)N. The second kappa shape index (κ2) is 5.23. The van der Waals surface area contributed by atoms with Gasteiger partial charge in [0.1, 0.15) is 11.5 Å². The highest BCUT2D eigenvalue weighted by atomic mass is 16.3. The Kier molecular flexibility index (Phi) is 4.39. The van der Waals surface area contributed by atoms with E-state index in [4.69, 9.17) is 10.2 Å². The topological polar surface area (TPSA) is 42.4 Å². The van der Waals surface area contributed by atoms with Crippen molar-refractivity contribution >= 4 is 0 Å². The molecule has 0 aliphatic rings. The van der Waals surface area contributed by atoms with E-state index in [1.165, 1.54) is 0 Å². The molecule has 0 radical (unpaired) electrons. The number of nitrogens with zero attached hydrogens (tertiary/aromatic N) is 1. The molecule has 0 amide bonds. The van der Waals surface area contributed by atoms with Gasteiger partial charge in [-0.15, -0.1) is 0 Å². The molecule has 0 fully saturated rings. The second-order valence-electron chi connectivity index (χ2n) is 5.53. The Morgan fingerprint density at radius 2 is 2.00 bits per heavy atom.